The molecule has 18 heavy (non-hydrogen) atoms. The van der Waals surface area contributed by atoms with Crippen molar-refractivity contribution in [3.63, 3.8) is 0 Å². The molecule has 0 spiro atoms. The highest BCUT2D eigenvalue weighted by Gasteiger charge is 2.10. The molecule has 0 amide bonds. The molecule has 0 bridgehead atoms. The van der Waals surface area contributed by atoms with Crippen molar-refractivity contribution in [1.29, 1.82) is 0 Å². The zero-order chi connectivity index (χ0) is 13.0. The fourth-order valence-corrected chi connectivity index (χ4v) is 1.79. The highest BCUT2D eigenvalue weighted by atomic mass is 16.5. The standard InChI is InChI=1S/C15H16O3/c1-11(15(16)17)9-10-18-14-8-4-6-12-5-2-3-7-13(12)14/h2-8,11H,9-10H2,1H3,(H,16,17). The molecule has 0 heterocycles. The number of carbonyl (C=O) groups is 1. The Morgan fingerprint density at radius 3 is 2.72 bits per heavy atom. The molecule has 1 unspecified atom stereocenters. The van der Waals surface area contributed by atoms with Gasteiger partial charge in [-0.25, -0.2) is 0 Å². The topological polar surface area (TPSA) is 46.5 Å². The number of hydrogen-bond acceptors (Lipinski definition) is 2. The molecule has 0 fully saturated rings. The maximum atomic E-state index is 10.7. The van der Waals surface area contributed by atoms with Gasteiger partial charge in [0.1, 0.15) is 5.75 Å². The Hall–Kier alpha value is -2.03. The summed E-state index contributed by atoms with van der Waals surface area (Å²) in [5.74, 6) is -0.345. The summed E-state index contributed by atoms with van der Waals surface area (Å²) in [6, 6.07) is 13.9. The van der Waals surface area contributed by atoms with Gasteiger partial charge < -0.3 is 9.84 Å². The molecule has 2 rings (SSSR count). The first-order valence-corrected chi connectivity index (χ1v) is 6.02. The van der Waals surface area contributed by atoms with Crippen LogP contribution in [-0.4, -0.2) is 17.7 Å². The van der Waals surface area contributed by atoms with E-state index in [1.165, 1.54) is 0 Å². The monoisotopic (exact) mass is 244 g/mol. The lowest BCUT2D eigenvalue weighted by atomic mass is 10.1. The number of fused-ring (bicyclic) bond motifs is 1. The van der Waals surface area contributed by atoms with E-state index in [2.05, 4.69) is 0 Å². The molecular formula is C15H16O3. The maximum Gasteiger partial charge on any atom is 0.306 e. The van der Waals surface area contributed by atoms with Crippen molar-refractivity contribution in [3.05, 3.63) is 42.5 Å². The molecule has 0 aliphatic heterocycles. The van der Waals surface area contributed by atoms with Gasteiger partial charge in [0.15, 0.2) is 0 Å². The summed E-state index contributed by atoms with van der Waals surface area (Å²) in [5.41, 5.74) is 0. The van der Waals surface area contributed by atoms with Crippen LogP contribution in [0.4, 0.5) is 0 Å². The van der Waals surface area contributed by atoms with Crippen LogP contribution in [0.15, 0.2) is 42.5 Å². The molecule has 3 heteroatoms. The van der Waals surface area contributed by atoms with Crippen LogP contribution < -0.4 is 4.74 Å². The summed E-state index contributed by atoms with van der Waals surface area (Å²) in [6.45, 7) is 2.11. The van der Waals surface area contributed by atoms with E-state index >= 15 is 0 Å². The SMILES string of the molecule is CC(CCOc1cccc2ccccc12)C(=O)O. The van der Waals surface area contributed by atoms with Crippen LogP contribution in [0.25, 0.3) is 10.8 Å². The van der Waals surface area contributed by atoms with Crippen molar-refractivity contribution < 1.29 is 14.6 Å². The Morgan fingerprint density at radius 1 is 1.22 bits per heavy atom. The summed E-state index contributed by atoms with van der Waals surface area (Å²) < 4.78 is 5.68. The van der Waals surface area contributed by atoms with Gasteiger partial charge in [-0.2, -0.15) is 0 Å². The maximum absolute atomic E-state index is 10.7. The molecule has 0 aliphatic carbocycles. The number of benzene rings is 2. The van der Waals surface area contributed by atoms with Crippen molar-refractivity contribution in [3.8, 4) is 5.75 Å². The van der Waals surface area contributed by atoms with Gasteiger partial charge in [0, 0.05) is 5.39 Å². The number of aliphatic carboxylic acids is 1. The van der Waals surface area contributed by atoms with Gasteiger partial charge in [-0.1, -0.05) is 43.3 Å². The molecule has 1 atom stereocenters. The van der Waals surface area contributed by atoms with E-state index < -0.39 is 5.97 Å². The Kier molecular flexibility index (Phi) is 3.82. The average Bonchev–Trinajstić information content (AvgIpc) is 2.38. The van der Waals surface area contributed by atoms with Crippen LogP contribution in [-0.2, 0) is 4.79 Å². The first-order valence-electron chi connectivity index (χ1n) is 6.02. The Bertz CT molecular complexity index is 543. The number of rotatable bonds is 5. The predicted octanol–water partition coefficient (Wildman–Crippen LogP) is 3.33. The minimum Gasteiger partial charge on any atom is -0.493 e. The largest absolute Gasteiger partial charge is 0.493 e. The molecule has 0 aromatic heterocycles. The van der Waals surface area contributed by atoms with Crippen LogP contribution in [0.3, 0.4) is 0 Å². The van der Waals surface area contributed by atoms with E-state index in [9.17, 15) is 4.79 Å². The second kappa shape index (κ2) is 5.54. The van der Waals surface area contributed by atoms with Gasteiger partial charge in [0.2, 0.25) is 0 Å². The van der Waals surface area contributed by atoms with Gasteiger partial charge in [0.25, 0.3) is 0 Å². The number of hydrogen-bond donors (Lipinski definition) is 1. The van der Waals surface area contributed by atoms with Gasteiger partial charge in [-0.05, 0) is 17.9 Å². The van der Waals surface area contributed by atoms with Gasteiger partial charge in [-0.15, -0.1) is 0 Å². The Balaban J connectivity index is 2.06. The second-order valence-electron chi connectivity index (χ2n) is 4.35. The van der Waals surface area contributed by atoms with E-state index in [0.29, 0.717) is 13.0 Å². The predicted molar refractivity (Wildman–Crippen MR) is 70.9 cm³/mol. The molecule has 0 radical (unpaired) electrons. The van der Waals surface area contributed by atoms with Crippen LogP contribution >= 0.6 is 0 Å². The van der Waals surface area contributed by atoms with E-state index in [4.69, 9.17) is 9.84 Å². The smallest absolute Gasteiger partial charge is 0.306 e. The highest BCUT2D eigenvalue weighted by molar-refractivity contribution is 5.88. The minimum atomic E-state index is -0.781. The van der Waals surface area contributed by atoms with Crippen molar-refractivity contribution in [2.75, 3.05) is 6.61 Å². The first-order chi connectivity index (χ1) is 8.68. The number of carboxylic acid groups (broad SMARTS) is 1. The van der Waals surface area contributed by atoms with E-state index in [1.807, 2.05) is 42.5 Å². The summed E-state index contributed by atoms with van der Waals surface area (Å²) in [4.78, 5) is 10.7. The molecule has 0 aliphatic rings. The van der Waals surface area contributed by atoms with Gasteiger partial charge in [0.05, 0.1) is 12.5 Å². The summed E-state index contributed by atoms with van der Waals surface area (Å²) in [5, 5.41) is 11.0. The van der Waals surface area contributed by atoms with Gasteiger partial charge >= 0.3 is 5.97 Å². The van der Waals surface area contributed by atoms with Crippen LogP contribution in [0.2, 0.25) is 0 Å². The summed E-state index contributed by atoms with van der Waals surface area (Å²) in [6.07, 6.45) is 0.512. The fourth-order valence-electron chi connectivity index (χ4n) is 1.79. The van der Waals surface area contributed by atoms with Crippen molar-refractivity contribution in [1.82, 2.24) is 0 Å². The normalized spacial score (nSPS) is 12.3. The van der Waals surface area contributed by atoms with E-state index in [0.717, 1.165) is 16.5 Å². The number of carboxylic acids is 1. The molecular weight excluding hydrogens is 228 g/mol. The lowest BCUT2D eigenvalue weighted by Gasteiger charge is -2.10. The van der Waals surface area contributed by atoms with Crippen LogP contribution in [0, 0.1) is 5.92 Å². The third kappa shape index (κ3) is 2.80. The molecule has 3 nitrogen and oxygen atoms in total. The molecule has 0 saturated heterocycles. The minimum absolute atomic E-state index is 0.375. The van der Waals surface area contributed by atoms with Crippen LogP contribution in [0.1, 0.15) is 13.3 Å². The van der Waals surface area contributed by atoms with E-state index in [1.54, 1.807) is 6.92 Å². The quantitative estimate of drug-likeness (QED) is 0.877. The van der Waals surface area contributed by atoms with Crippen molar-refractivity contribution in [2.24, 2.45) is 5.92 Å². The first kappa shape index (κ1) is 12.4. The summed E-state index contributed by atoms with van der Waals surface area (Å²) >= 11 is 0. The Morgan fingerprint density at radius 2 is 1.94 bits per heavy atom. The molecule has 2 aromatic rings. The van der Waals surface area contributed by atoms with Crippen LogP contribution in [0.5, 0.6) is 5.75 Å². The molecule has 1 N–H and O–H groups in total. The molecule has 0 saturated carbocycles. The molecule has 2 aromatic carbocycles. The number of ether oxygens (including phenoxy) is 1. The average molecular weight is 244 g/mol. The second-order valence-corrected chi connectivity index (χ2v) is 4.35. The van der Waals surface area contributed by atoms with E-state index in [-0.39, 0.29) is 5.92 Å². The van der Waals surface area contributed by atoms with Gasteiger partial charge in [-0.3, -0.25) is 4.79 Å². The summed E-state index contributed by atoms with van der Waals surface area (Å²) in [7, 11) is 0. The lowest BCUT2D eigenvalue weighted by molar-refractivity contribution is -0.141. The third-order valence-corrected chi connectivity index (χ3v) is 2.98. The Labute approximate surface area is 106 Å². The lowest BCUT2D eigenvalue weighted by Crippen LogP contribution is -2.13. The zero-order valence-electron chi connectivity index (χ0n) is 10.3. The van der Waals surface area contributed by atoms with Crippen molar-refractivity contribution >= 4 is 16.7 Å². The fraction of sp³-hybridized carbons (Fsp3) is 0.267. The van der Waals surface area contributed by atoms with Crippen molar-refractivity contribution in [2.45, 2.75) is 13.3 Å². The molecule has 94 valence electrons. The highest BCUT2D eigenvalue weighted by Crippen LogP contribution is 2.25. The zero-order valence-corrected chi connectivity index (χ0v) is 10.3. The third-order valence-electron chi connectivity index (χ3n) is 2.98.